The Hall–Kier alpha value is -1.66. The lowest BCUT2D eigenvalue weighted by Gasteiger charge is -2.27. The molecule has 2 heterocycles. The van der Waals surface area contributed by atoms with Gasteiger partial charge in [0.1, 0.15) is 21.9 Å². The molecule has 1 aliphatic carbocycles. The van der Waals surface area contributed by atoms with Crippen LogP contribution < -0.4 is 4.90 Å². The Bertz CT molecular complexity index is 1150. The molecule has 0 bridgehead atoms. The SMILES string of the molecule is CC1C(c2nnc(C3CCCCCC3)s2)N=C(c2ccc(Cl)cc2Cl)N1c1ccc(Cl)cc1. The molecule has 1 aromatic heterocycles. The summed E-state index contributed by atoms with van der Waals surface area (Å²) in [4.78, 5) is 7.36. The molecule has 172 valence electrons. The van der Waals surface area contributed by atoms with Crippen molar-refractivity contribution in [2.45, 2.75) is 63.5 Å². The van der Waals surface area contributed by atoms with E-state index in [0.29, 0.717) is 21.0 Å². The number of hydrogen-bond acceptors (Lipinski definition) is 5. The number of anilines is 1. The van der Waals surface area contributed by atoms with Gasteiger partial charge in [0.15, 0.2) is 0 Å². The Morgan fingerprint density at radius 2 is 1.52 bits per heavy atom. The second kappa shape index (κ2) is 9.91. The van der Waals surface area contributed by atoms with Gasteiger partial charge in [-0.05, 0) is 62.2 Å². The molecule has 3 aromatic rings. The third-order valence-electron chi connectivity index (χ3n) is 6.54. The summed E-state index contributed by atoms with van der Waals surface area (Å²) in [7, 11) is 0. The molecule has 0 saturated heterocycles. The summed E-state index contributed by atoms with van der Waals surface area (Å²) in [5.41, 5.74) is 1.85. The van der Waals surface area contributed by atoms with Gasteiger partial charge < -0.3 is 4.90 Å². The monoisotopic (exact) mass is 518 g/mol. The summed E-state index contributed by atoms with van der Waals surface area (Å²) in [6.45, 7) is 2.17. The molecule has 1 aliphatic heterocycles. The van der Waals surface area contributed by atoms with Gasteiger partial charge >= 0.3 is 0 Å². The number of nitrogens with zero attached hydrogens (tertiary/aromatic N) is 4. The van der Waals surface area contributed by atoms with E-state index in [1.54, 1.807) is 17.4 Å². The summed E-state index contributed by atoms with van der Waals surface area (Å²) in [5.74, 6) is 1.33. The topological polar surface area (TPSA) is 41.4 Å². The lowest BCUT2D eigenvalue weighted by atomic mass is 10.0. The lowest BCUT2D eigenvalue weighted by Crippen LogP contribution is -2.36. The number of aromatic nitrogens is 2. The quantitative estimate of drug-likeness (QED) is 0.325. The fourth-order valence-corrected chi connectivity index (χ4v) is 6.55. The van der Waals surface area contributed by atoms with Crippen LogP contribution in [0.15, 0.2) is 47.5 Å². The predicted octanol–water partition coefficient (Wildman–Crippen LogP) is 8.33. The van der Waals surface area contributed by atoms with Crippen molar-refractivity contribution in [3.8, 4) is 0 Å². The average molecular weight is 520 g/mol. The van der Waals surface area contributed by atoms with Gasteiger partial charge in [-0.25, -0.2) is 0 Å². The smallest absolute Gasteiger partial charge is 0.144 e. The molecule has 0 N–H and O–H groups in total. The zero-order chi connectivity index (χ0) is 22.9. The van der Waals surface area contributed by atoms with E-state index in [-0.39, 0.29) is 12.1 Å². The van der Waals surface area contributed by atoms with Crippen LogP contribution in [0, 0.1) is 0 Å². The second-order valence-electron chi connectivity index (χ2n) is 8.78. The van der Waals surface area contributed by atoms with Crippen molar-refractivity contribution in [3.05, 3.63) is 73.1 Å². The maximum Gasteiger partial charge on any atom is 0.144 e. The van der Waals surface area contributed by atoms with Crippen LogP contribution in [0.3, 0.4) is 0 Å². The summed E-state index contributed by atoms with van der Waals surface area (Å²) in [6.07, 6.45) is 7.63. The molecule has 2 aliphatic rings. The minimum atomic E-state index is -0.126. The fourth-order valence-electron chi connectivity index (χ4n) is 4.78. The first-order valence-corrected chi connectivity index (χ1v) is 13.4. The van der Waals surface area contributed by atoms with Crippen LogP contribution in [0.1, 0.15) is 73.0 Å². The highest BCUT2D eigenvalue weighted by Crippen LogP contribution is 2.41. The predicted molar refractivity (Wildman–Crippen MR) is 139 cm³/mol. The Morgan fingerprint density at radius 1 is 0.848 bits per heavy atom. The van der Waals surface area contributed by atoms with Crippen LogP contribution in [0.4, 0.5) is 5.69 Å². The van der Waals surface area contributed by atoms with Gasteiger partial charge in [0.25, 0.3) is 0 Å². The third-order valence-corrected chi connectivity index (χ3v) is 8.50. The number of hydrogen-bond donors (Lipinski definition) is 0. The van der Waals surface area contributed by atoms with Gasteiger partial charge in [0.2, 0.25) is 0 Å². The van der Waals surface area contributed by atoms with Gasteiger partial charge in [-0.15, -0.1) is 10.2 Å². The zero-order valence-corrected chi connectivity index (χ0v) is 21.4. The Morgan fingerprint density at radius 3 is 2.21 bits per heavy atom. The average Bonchev–Trinajstić information content (AvgIpc) is 3.30. The van der Waals surface area contributed by atoms with Crippen molar-refractivity contribution >= 4 is 57.7 Å². The van der Waals surface area contributed by atoms with E-state index in [9.17, 15) is 0 Å². The summed E-state index contributed by atoms with van der Waals surface area (Å²) in [5, 5.41) is 13.2. The first kappa shape index (κ1) is 23.1. The van der Waals surface area contributed by atoms with Gasteiger partial charge in [-0.2, -0.15) is 0 Å². The zero-order valence-electron chi connectivity index (χ0n) is 18.3. The highest BCUT2D eigenvalue weighted by atomic mass is 35.5. The van der Waals surface area contributed by atoms with E-state index < -0.39 is 0 Å². The fraction of sp³-hybridized carbons (Fsp3) is 0.400. The van der Waals surface area contributed by atoms with Crippen LogP contribution in [0.5, 0.6) is 0 Å². The number of benzene rings is 2. The number of aliphatic imine (C=N–C) groups is 1. The van der Waals surface area contributed by atoms with Crippen LogP contribution >= 0.6 is 46.1 Å². The van der Waals surface area contributed by atoms with Crippen molar-refractivity contribution in [3.63, 3.8) is 0 Å². The van der Waals surface area contributed by atoms with Crippen LogP contribution in [-0.2, 0) is 0 Å². The van der Waals surface area contributed by atoms with Crippen molar-refractivity contribution < 1.29 is 0 Å². The van der Waals surface area contributed by atoms with E-state index in [4.69, 9.17) is 39.8 Å². The molecule has 4 nitrogen and oxygen atoms in total. The highest BCUT2D eigenvalue weighted by Gasteiger charge is 2.38. The van der Waals surface area contributed by atoms with Crippen LogP contribution in [-0.4, -0.2) is 22.1 Å². The van der Waals surface area contributed by atoms with Crippen LogP contribution in [0.25, 0.3) is 0 Å². The van der Waals surface area contributed by atoms with Gasteiger partial charge in [0.05, 0.1) is 11.1 Å². The summed E-state index contributed by atoms with van der Waals surface area (Å²) < 4.78 is 0. The molecule has 0 spiro atoms. The standard InChI is InChI=1S/C25H25Cl3N4S/c1-15-22(25-31-30-24(33-25)16-6-4-2-3-5-7-16)29-23(20-13-10-18(27)14-21(20)28)32(15)19-11-8-17(26)9-12-19/h8-16,22H,2-7H2,1H3. The molecule has 1 saturated carbocycles. The van der Waals surface area contributed by atoms with E-state index in [2.05, 4.69) is 22.0 Å². The van der Waals surface area contributed by atoms with Gasteiger partial charge in [0, 0.05) is 27.2 Å². The van der Waals surface area contributed by atoms with E-state index >= 15 is 0 Å². The maximum absolute atomic E-state index is 6.61. The van der Waals surface area contributed by atoms with Crippen molar-refractivity contribution in [1.29, 1.82) is 0 Å². The van der Waals surface area contributed by atoms with Crippen molar-refractivity contribution in [2.24, 2.45) is 4.99 Å². The molecule has 33 heavy (non-hydrogen) atoms. The van der Waals surface area contributed by atoms with Crippen LogP contribution in [0.2, 0.25) is 15.1 Å². The van der Waals surface area contributed by atoms with E-state index in [0.717, 1.165) is 27.1 Å². The summed E-state index contributed by atoms with van der Waals surface area (Å²) >= 11 is 20.7. The van der Waals surface area contributed by atoms with Crippen molar-refractivity contribution in [1.82, 2.24) is 10.2 Å². The molecule has 8 heteroatoms. The van der Waals surface area contributed by atoms with Crippen molar-refractivity contribution in [2.75, 3.05) is 4.90 Å². The van der Waals surface area contributed by atoms with E-state index in [1.807, 2.05) is 36.4 Å². The normalized spacial score (nSPS) is 21.8. The molecular formula is C25H25Cl3N4S. The number of amidine groups is 1. The third kappa shape index (κ3) is 4.79. The Labute approximate surface area is 213 Å². The lowest BCUT2D eigenvalue weighted by molar-refractivity contribution is 0.581. The van der Waals surface area contributed by atoms with Gasteiger partial charge in [-0.3, -0.25) is 4.99 Å². The van der Waals surface area contributed by atoms with E-state index in [1.165, 1.54) is 38.5 Å². The first-order valence-electron chi connectivity index (χ1n) is 11.4. The minimum Gasteiger partial charge on any atom is -0.321 e. The number of rotatable bonds is 4. The molecule has 2 aromatic carbocycles. The molecule has 5 rings (SSSR count). The molecule has 1 fully saturated rings. The molecule has 0 amide bonds. The van der Waals surface area contributed by atoms with Gasteiger partial charge in [-0.1, -0.05) is 71.8 Å². The molecule has 0 radical (unpaired) electrons. The largest absolute Gasteiger partial charge is 0.321 e. The molecule has 2 atom stereocenters. The Balaban J connectivity index is 1.53. The second-order valence-corrected chi connectivity index (χ2v) is 11.1. The highest BCUT2D eigenvalue weighted by molar-refractivity contribution is 7.11. The number of halogens is 3. The maximum atomic E-state index is 6.61. The Kier molecular flexibility index (Phi) is 6.94. The first-order chi connectivity index (χ1) is 16.0. The molecular weight excluding hydrogens is 495 g/mol. The molecule has 2 unspecified atom stereocenters. The summed E-state index contributed by atoms with van der Waals surface area (Å²) in [6, 6.07) is 13.3. The minimum absolute atomic E-state index is 0.0443.